The topological polar surface area (TPSA) is 93.7 Å². The second-order valence-electron chi connectivity index (χ2n) is 8.81. The van der Waals surface area contributed by atoms with Crippen molar-refractivity contribution in [1.82, 2.24) is 5.32 Å². The van der Waals surface area contributed by atoms with Crippen LogP contribution in [0.2, 0.25) is 0 Å². The first-order chi connectivity index (χ1) is 15.7. The SMILES string of the molecule is CC(C)[C@H](NC(=O)OC(C)(C)C)C(=O)Nc1ccc(OC(F)(F)F)cc1C(=O)c1ccccc1. The van der Waals surface area contributed by atoms with Gasteiger partial charge in [0, 0.05) is 11.1 Å². The Hall–Kier alpha value is -3.56. The molecule has 0 unspecified atom stereocenters. The van der Waals surface area contributed by atoms with Crippen molar-refractivity contribution >= 4 is 23.5 Å². The van der Waals surface area contributed by atoms with Crippen LogP contribution in [0.15, 0.2) is 48.5 Å². The highest BCUT2D eigenvalue weighted by atomic mass is 19.4. The molecule has 0 fully saturated rings. The first kappa shape index (κ1) is 26.7. The monoisotopic (exact) mass is 480 g/mol. The second kappa shape index (κ2) is 10.6. The number of rotatable bonds is 7. The van der Waals surface area contributed by atoms with Gasteiger partial charge in [-0.05, 0) is 44.9 Å². The standard InChI is InChI=1S/C24H27F3N2O5/c1-14(2)19(29-22(32)34-23(3,4)5)21(31)28-18-12-11-16(33-24(25,26)27)13-17(18)20(30)15-9-7-6-8-10-15/h6-14,19H,1-5H3,(H,28,31)(H,29,32)/t19-/m0/s1. The maximum atomic E-state index is 13.0. The number of alkyl halides is 3. The molecule has 0 aliphatic rings. The summed E-state index contributed by atoms with van der Waals surface area (Å²) in [6.07, 6.45) is -5.77. The lowest BCUT2D eigenvalue weighted by molar-refractivity contribution is -0.274. The molecule has 0 spiro atoms. The van der Waals surface area contributed by atoms with E-state index in [1.165, 1.54) is 12.1 Å². The number of ketones is 1. The molecule has 2 aromatic rings. The van der Waals surface area contributed by atoms with Crippen molar-refractivity contribution in [1.29, 1.82) is 0 Å². The maximum absolute atomic E-state index is 13.0. The van der Waals surface area contributed by atoms with Crippen molar-refractivity contribution in [3.63, 3.8) is 0 Å². The van der Waals surface area contributed by atoms with Crippen molar-refractivity contribution in [2.75, 3.05) is 5.32 Å². The number of halogens is 3. The molecule has 34 heavy (non-hydrogen) atoms. The summed E-state index contributed by atoms with van der Waals surface area (Å²) in [7, 11) is 0. The number of hydrogen-bond acceptors (Lipinski definition) is 5. The summed E-state index contributed by atoms with van der Waals surface area (Å²) in [6, 6.07) is 9.85. The van der Waals surface area contributed by atoms with Gasteiger partial charge in [-0.2, -0.15) is 0 Å². The van der Waals surface area contributed by atoms with Crippen LogP contribution in [0.3, 0.4) is 0 Å². The van der Waals surface area contributed by atoms with E-state index < -0.39 is 41.5 Å². The Morgan fingerprint density at radius 1 is 0.941 bits per heavy atom. The van der Waals surface area contributed by atoms with Crippen LogP contribution in [0.4, 0.5) is 23.7 Å². The number of carbonyl (C=O) groups excluding carboxylic acids is 3. The van der Waals surface area contributed by atoms with Gasteiger partial charge in [0.25, 0.3) is 0 Å². The first-order valence-electron chi connectivity index (χ1n) is 10.5. The molecule has 2 aromatic carbocycles. The van der Waals surface area contributed by atoms with Crippen LogP contribution < -0.4 is 15.4 Å². The first-order valence-corrected chi connectivity index (χ1v) is 10.5. The van der Waals surface area contributed by atoms with Crippen LogP contribution in [0.5, 0.6) is 5.75 Å². The lowest BCUT2D eigenvalue weighted by Gasteiger charge is -2.25. The quantitative estimate of drug-likeness (QED) is 0.525. The summed E-state index contributed by atoms with van der Waals surface area (Å²) in [5.74, 6) is -2.28. The van der Waals surface area contributed by atoms with Crippen LogP contribution in [-0.4, -0.2) is 35.8 Å². The zero-order chi connectivity index (χ0) is 25.7. The molecule has 184 valence electrons. The van der Waals surface area contributed by atoms with Crippen molar-refractivity contribution in [2.45, 2.75) is 52.6 Å². The number of benzene rings is 2. The minimum Gasteiger partial charge on any atom is -0.444 e. The Balaban J connectivity index is 2.37. The molecule has 0 saturated heterocycles. The Morgan fingerprint density at radius 3 is 2.09 bits per heavy atom. The molecule has 0 heterocycles. The molecule has 1 atom stereocenters. The third kappa shape index (κ3) is 8.09. The summed E-state index contributed by atoms with van der Waals surface area (Å²) >= 11 is 0. The van der Waals surface area contributed by atoms with Crippen molar-refractivity contribution < 1.29 is 37.0 Å². The highest BCUT2D eigenvalue weighted by molar-refractivity contribution is 6.14. The number of amides is 2. The molecule has 10 heteroatoms. The molecule has 0 radical (unpaired) electrons. The number of anilines is 1. The van der Waals surface area contributed by atoms with E-state index in [-0.39, 0.29) is 22.7 Å². The van der Waals surface area contributed by atoms with Gasteiger partial charge in [0.05, 0.1) is 5.69 Å². The van der Waals surface area contributed by atoms with Crippen LogP contribution in [-0.2, 0) is 9.53 Å². The highest BCUT2D eigenvalue weighted by Gasteiger charge is 2.32. The zero-order valence-electron chi connectivity index (χ0n) is 19.4. The van der Waals surface area contributed by atoms with E-state index in [4.69, 9.17) is 4.74 Å². The smallest absolute Gasteiger partial charge is 0.444 e. The predicted octanol–water partition coefficient (Wildman–Crippen LogP) is 5.30. The van der Waals surface area contributed by atoms with Gasteiger partial charge in [-0.1, -0.05) is 44.2 Å². The minimum atomic E-state index is -4.96. The third-order valence-electron chi connectivity index (χ3n) is 4.38. The molecular weight excluding hydrogens is 453 g/mol. The van der Waals surface area contributed by atoms with E-state index in [1.807, 2.05) is 0 Å². The van der Waals surface area contributed by atoms with E-state index in [2.05, 4.69) is 15.4 Å². The minimum absolute atomic E-state index is 0.0370. The molecule has 0 aliphatic carbocycles. The summed E-state index contributed by atoms with van der Waals surface area (Å²) in [6.45, 7) is 8.39. The number of hydrogen-bond donors (Lipinski definition) is 2. The van der Waals surface area contributed by atoms with E-state index >= 15 is 0 Å². The Morgan fingerprint density at radius 2 is 1.56 bits per heavy atom. The van der Waals surface area contributed by atoms with Gasteiger partial charge in [0.15, 0.2) is 5.78 Å². The molecule has 2 rings (SSSR count). The number of carbonyl (C=O) groups is 3. The van der Waals surface area contributed by atoms with Gasteiger partial charge in [-0.3, -0.25) is 9.59 Å². The number of ether oxygens (including phenoxy) is 2. The van der Waals surface area contributed by atoms with Crippen LogP contribution in [0, 0.1) is 5.92 Å². The fraction of sp³-hybridized carbons (Fsp3) is 0.375. The maximum Gasteiger partial charge on any atom is 0.573 e. The van der Waals surface area contributed by atoms with Crippen molar-refractivity contribution in [3.05, 3.63) is 59.7 Å². The number of alkyl carbamates (subject to hydrolysis) is 1. The number of nitrogens with one attached hydrogen (secondary N) is 2. The lowest BCUT2D eigenvalue weighted by Crippen LogP contribution is -2.48. The normalized spacial score (nSPS) is 12.6. The molecule has 0 aliphatic heterocycles. The van der Waals surface area contributed by atoms with Gasteiger partial charge in [0.1, 0.15) is 17.4 Å². The largest absolute Gasteiger partial charge is 0.573 e. The highest BCUT2D eigenvalue weighted by Crippen LogP contribution is 2.29. The third-order valence-corrected chi connectivity index (χ3v) is 4.38. The summed E-state index contributed by atoms with van der Waals surface area (Å²) < 4.78 is 47.3. The van der Waals surface area contributed by atoms with E-state index in [0.717, 1.165) is 18.2 Å². The fourth-order valence-electron chi connectivity index (χ4n) is 2.94. The predicted molar refractivity (Wildman–Crippen MR) is 120 cm³/mol. The van der Waals surface area contributed by atoms with Gasteiger partial charge in [-0.15, -0.1) is 13.2 Å². The lowest BCUT2D eigenvalue weighted by atomic mass is 10.00. The van der Waals surface area contributed by atoms with E-state index in [1.54, 1.807) is 52.8 Å². The van der Waals surface area contributed by atoms with Gasteiger partial charge in [0.2, 0.25) is 5.91 Å². The Kier molecular flexibility index (Phi) is 8.31. The average molecular weight is 480 g/mol. The van der Waals surface area contributed by atoms with Crippen molar-refractivity contribution in [2.24, 2.45) is 5.92 Å². The average Bonchev–Trinajstić information content (AvgIpc) is 2.70. The van der Waals surface area contributed by atoms with Crippen LogP contribution in [0.1, 0.15) is 50.5 Å². The Bertz CT molecular complexity index is 1030. The van der Waals surface area contributed by atoms with Gasteiger partial charge >= 0.3 is 12.5 Å². The van der Waals surface area contributed by atoms with Gasteiger partial charge in [-0.25, -0.2) is 4.79 Å². The van der Waals surface area contributed by atoms with Gasteiger partial charge < -0.3 is 20.1 Å². The summed E-state index contributed by atoms with van der Waals surface area (Å²) in [5, 5.41) is 5.02. The fourth-order valence-corrected chi connectivity index (χ4v) is 2.94. The molecule has 2 amide bonds. The van der Waals surface area contributed by atoms with E-state index in [9.17, 15) is 27.6 Å². The Labute approximate surface area is 195 Å². The molecule has 0 saturated carbocycles. The summed E-state index contributed by atoms with van der Waals surface area (Å²) in [4.78, 5) is 38.2. The zero-order valence-corrected chi connectivity index (χ0v) is 19.4. The molecule has 0 bridgehead atoms. The molecule has 7 nitrogen and oxygen atoms in total. The van der Waals surface area contributed by atoms with Crippen molar-refractivity contribution in [3.8, 4) is 5.75 Å². The van der Waals surface area contributed by atoms with Crippen LogP contribution in [0.25, 0.3) is 0 Å². The second-order valence-corrected chi connectivity index (χ2v) is 8.81. The van der Waals surface area contributed by atoms with E-state index in [0.29, 0.717) is 0 Å². The molecule has 0 aromatic heterocycles. The molecule has 2 N–H and O–H groups in total. The molecular formula is C24H27F3N2O5. The van der Waals surface area contributed by atoms with Crippen LogP contribution >= 0.6 is 0 Å². The summed E-state index contributed by atoms with van der Waals surface area (Å²) in [5.41, 5.74) is -0.827.